The molecule has 0 unspecified atom stereocenters. The maximum absolute atomic E-state index is 12.0. The Bertz CT molecular complexity index is 566. The van der Waals surface area contributed by atoms with Gasteiger partial charge in [-0.25, -0.2) is 4.79 Å². The number of nitrogens with one attached hydrogen (secondary N) is 1. The van der Waals surface area contributed by atoms with E-state index in [1.165, 1.54) is 0 Å². The highest BCUT2D eigenvalue weighted by Crippen LogP contribution is 2.32. The predicted molar refractivity (Wildman–Crippen MR) is 80.2 cm³/mol. The van der Waals surface area contributed by atoms with Crippen molar-refractivity contribution in [2.45, 2.75) is 37.6 Å². The lowest BCUT2D eigenvalue weighted by Crippen LogP contribution is -2.59. The van der Waals surface area contributed by atoms with Crippen molar-refractivity contribution >= 4 is 11.9 Å². The molecule has 1 aromatic carbocycles. The van der Waals surface area contributed by atoms with E-state index in [1.54, 1.807) is 26.4 Å². The lowest BCUT2D eigenvalue weighted by Gasteiger charge is -2.38. The fourth-order valence-corrected chi connectivity index (χ4v) is 2.58. The van der Waals surface area contributed by atoms with Gasteiger partial charge >= 0.3 is 5.97 Å². The van der Waals surface area contributed by atoms with Crippen LogP contribution >= 0.6 is 0 Å². The predicted octanol–water partition coefficient (Wildman–Crippen LogP) is 1.76. The van der Waals surface area contributed by atoms with Gasteiger partial charge in [0.2, 0.25) is 5.91 Å². The van der Waals surface area contributed by atoms with Crippen LogP contribution in [-0.2, 0) is 16.0 Å². The molecule has 6 nitrogen and oxygen atoms in total. The van der Waals surface area contributed by atoms with Crippen LogP contribution in [0.15, 0.2) is 18.2 Å². The van der Waals surface area contributed by atoms with Gasteiger partial charge in [-0.1, -0.05) is 0 Å². The van der Waals surface area contributed by atoms with Gasteiger partial charge < -0.3 is 19.9 Å². The Hall–Kier alpha value is -2.24. The average molecular weight is 307 g/mol. The van der Waals surface area contributed by atoms with Gasteiger partial charge in [-0.3, -0.25) is 4.79 Å². The van der Waals surface area contributed by atoms with Crippen LogP contribution in [0.3, 0.4) is 0 Å². The van der Waals surface area contributed by atoms with Gasteiger partial charge in [-0.05, 0) is 49.4 Å². The van der Waals surface area contributed by atoms with E-state index >= 15 is 0 Å². The second kappa shape index (κ2) is 6.68. The number of hydrogen-bond donors (Lipinski definition) is 2. The topological polar surface area (TPSA) is 84.9 Å². The van der Waals surface area contributed by atoms with Crippen LogP contribution in [0, 0.1) is 0 Å². The molecule has 2 N–H and O–H groups in total. The van der Waals surface area contributed by atoms with Crippen molar-refractivity contribution in [2.24, 2.45) is 0 Å². The molecule has 0 atom stereocenters. The Morgan fingerprint density at radius 2 is 2.00 bits per heavy atom. The molecule has 1 saturated carbocycles. The highest BCUT2D eigenvalue weighted by molar-refractivity contribution is 5.87. The van der Waals surface area contributed by atoms with Crippen molar-refractivity contribution in [3.05, 3.63) is 23.8 Å². The molecular weight excluding hydrogens is 286 g/mol. The van der Waals surface area contributed by atoms with Gasteiger partial charge in [0.1, 0.15) is 17.0 Å². The number of benzene rings is 1. The third-order valence-corrected chi connectivity index (χ3v) is 4.10. The van der Waals surface area contributed by atoms with Gasteiger partial charge in [0.15, 0.2) is 0 Å². The first-order valence-electron chi connectivity index (χ1n) is 7.26. The number of aryl methyl sites for hydroxylation is 1. The van der Waals surface area contributed by atoms with Crippen LogP contribution in [0.2, 0.25) is 0 Å². The van der Waals surface area contributed by atoms with E-state index < -0.39 is 11.5 Å². The zero-order valence-corrected chi connectivity index (χ0v) is 12.8. The highest BCUT2D eigenvalue weighted by Gasteiger charge is 2.45. The minimum absolute atomic E-state index is 0.207. The third kappa shape index (κ3) is 3.32. The van der Waals surface area contributed by atoms with E-state index in [0.717, 1.165) is 12.0 Å². The van der Waals surface area contributed by atoms with E-state index in [1.807, 2.05) is 6.07 Å². The molecule has 0 bridgehead atoms. The largest absolute Gasteiger partial charge is 0.497 e. The summed E-state index contributed by atoms with van der Waals surface area (Å²) in [7, 11) is 3.14. The second-order valence-electron chi connectivity index (χ2n) is 5.47. The smallest absolute Gasteiger partial charge is 0.329 e. The molecule has 0 radical (unpaired) electrons. The molecule has 0 spiro atoms. The molecule has 6 heteroatoms. The Morgan fingerprint density at radius 3 is 2.50 bits per heavy atom. The molecule has 1 amide bonds. The van der Waals surface area contributed by atoms with Gasteiger partial charge in [-0.15, -0.1) is 0 Å². The summed E-state index contributed by atoms with van der Waals surface area (Å²) in [6.45, 7) is 0. The molecular formula is C16H21NO5. The first kappa shape index (κ1) is 16.1. The molecule has 1 fully saturated rings. The molecule has 0 aromatic heterocycles. The molecule has 1 aliphatic rings. The summed E-state index contributed by atoms with van der Waals surface area (Å²) in [6.07, 6.45) is 2.49. The van der Waals surface area contributed by atoms with E-state index in [2.05, 4.69) is 5.32 Å². The lowest BCUT2D eigenvalue weighted by atomic mass is 9.76. The summed E-state index contributed by atoms with van der Waals surface area (Å²) >= 11 is 0. The SMILES string of the molecule is COc1ccc(OC)c(CCC(=O)NC2(C(=O)O)CCC2)c1. The first-order valence-corrected chi connectivity index (χ1v) is 7.26. The van der Waals surface area contributed by atoms with Crippen LogP contribution in [0.1, 0.15) is 31.2 Å². The number of rotatable bonds is 7. The first-order chi connectivity index (χ1) is 10.5. The van der Waals surface area contributed by atoms with Crippen LogP contribution < -0.4 is 14.8 Å². The molecule has 120 valence electrons. The number of carboxylic acids is 1. The number of carbonyl (C=O) groups is 2. The van der Waals surface area contributed by atoms with Crippen LogP contribution in [-0.4, -0.2) is 36.7 Å². The normalized spacial score (nSPS) is 15.5. The van der Waals surface area contributed by atoms with Crippen molar-refractivity contribution in [1.29, 1.82) is 0 Å². The number of carbonyl (C=O) groups excluding carboxylic acids is 1. The Balaban J connectivity index is 1.97. The van der Waals surface area contributed by atoms with E-state index in [0.29, 0.717) is 30.8 Å². The van der Waals surface area contributed by atoms with Crippen molar-refractivity contribution in [2.75, 3.05) is 14.2 Å². The summed E-state index contributed by atoms with van der Waals surface area (Å²) in [6, 6.07) is 5.40. The zero-order chi connectivity index (χ0) is 16.2. The minimum atomic E-state index is -1.06. The second-order valence-corrected chi connectivity index (χ2v) is 5.47. The Kier molecular flexibility index (Phi) is 4.90. The van der Waals surface area contributed by atoms with Crippen LogP contribution in [0.5, 0.6) is 11.5 Å². The summed E-state index contributed by atoms with van der Waals surface area (Å²) in [4.78, 5) is 23.3. The van der Waals surface area contributed by atoms with Crippen molar-refractivity contribution in [3.8, 4) is 11.5 Å². The summed E-state index contributed by atoms with van der Waals surface area (Å²) in [5.74, 6) is 0.167. The lowest BCUT2D eigenvalue weighted by molar-refractivity contribution is -0.151. The van der Waals surface area contributed by atoms with Crippen molar-refractivity contribution in [1.82, 2.24) is 5.32 Å². The maximum atomic E-state index is 12.0. The van der Waals surface area contributed by atoms with Crippen molar-refractivity contribution in [3.63, 3.8) is 0 Å². The van der Waals surface area contributed by atoms with Gasteiger partial charge in [0, 0.05) is 6.42 Å². The van der Waals surface area contributed by atoms with Crippen molar-refractivity contribution < 1.29 is 24.2 Å². The Morgan fingerprint density at radius 1 is 1.27 bits per heavy atom. The summed E-state index contributed by atoms with van der Waals surface area (Å²) in [5.41, 5.74) is -0.204. The average Bonchev–Trinajstić information content (AvgIpc) is 2.48. The highest BCUT2D eigenvalue weighted by atomic mass is 16.5. The van der Waals surface area contributed by atoms with Crippen LogP contribution in [0.4, 0.5) is 0 Å². The number of hydrogen-bond acceptors (Lipinski definition) is 4. The number of carboxylic acid groups (broad SMARTS) is 1. The van der Waals surface area contributed by atoms with E-state index in [9.17, 15) is 14.7 Å². The Labute approximate surface area is 129 Å². The number of aliphatic carboxylic acids is 1. The summed E-state index contributed by atoms with van der Waals surface area (Å²) in [5, 5.41) is 11.9. The van der Waals surface area contributed by atoms with E-state index in [-0.39, 0.29) is 12.3 Å². The molecule has 1 aliphatic carbocycles. The van der Waals surface area contributed by atoms with Gasteiger partial charge in [0.25, 0.3) is 0 Å². The van der Waals surface area contributed by atoms with Gasteiger partial charge in [-0.2, -0.15) is 0 Å². The quantitative estimate of drug-likeness (QED) is 0.802. The number of amides is 1. The molecule has 0 heterocycles. The monoisotopic (exact) mass is 307 g/mol. The number of methoxy groups -OCH3 is 2. The zero-order valence-electron chi connectivity index (χ0n) is 12.8. The summed E-state index contributed by atoms with van der Waals surface area (Å²) < 4.78 is 10.4. The molecule has 0 saturated heterocycles. The fraction of sp³-hybridized carbons (Fsp3) is 0.500. The maximum Gasteiger partial charge on any atom is 0.329 e. The minimum Gasteiger partial charge on any atom is -0.497 e. The number of ether oxygens (including phenoxy) is 2. The fourth-order valence-electron chi connectivity index (χ4n) is 2.58. The van der Waals surface area contributed by atoms with Gasteiger partial charge in [0.05, 0.1) is 14.2 Å². The molecule has 22 heavy (non-hydrogen) atoms. The third-order valence-electron chi connectivity index (χ3n) is 4.10. The standard InChI is InChI=1S/C16H21NO5/c1-21-12-5-6-13(22-2)11(10-12)4-7-14(18)17-16(15(19)20)8-3-9-16/h5-6,10H,3-4,7-9H2,1-2H3,(H,17,18)(H,19,20). The molecule has 0 aliphatic heterocycles. The van der Waals surface area contributed by atoms with E-state index in [4.69, 9.17) is 9.47 Å². The molecule has 2 rings (SSSR count). The molecule has 1 aromatic rings. The van der Waals surface area contributed by atoms with Crippen LogP contribution in [0.25, 0.3) is 0 Å².